The Morgan fingerprint density at radius 2 is 1.95 bits per heavy atom. The fourth-order valence-corrected chi connectivity index (χ4v) is 1.96. The summed E-state index contributed by atoms with van der Waals surface area (Å²) in [6.45, 7) is 6.64. The SMILES string of the molecule is CCOC(=O)CC(O)CNC(C)c1ccc(CC)cc1. The van der Waals surface area contributed by atoms with Crippen molar-refractivity contribution in [2.24, 2.45) is 0 Å². The van der Waals surface area contributed by atoms with Crippen molar-refractivity contribution in [3.8, 4) is 0 Å². The van der Waals surface area contributed by atoms with E-state index in [1.165, 1.54) is 11.1 Å². The summed E-state index contributed by atoms with van der Waals surface area (Å²) in [6.07, 6.45) is 0.342. The number of esters is 1. The summed E-state index contributed by atoms with van der Waals surface area (Å²) in [5.41, 5.74) is 2.48. The number of nitrogens with one attached hydrogen (secondary N) is 1. The Bertz CT molecular complexity index is 403. The third kappa shape index (κ3) is 5.72. The van der Waals surface area contributed by atoms with Crippen LogP contribution >= 0.6 is 0 Å². The van der Waals surface area contributed by atoms with Gasteiger partial charge in [-0.15, -0.1) is 0 Å². The molecule has 0 aliphatic heterocycles. The molecule has 1 aromatic carbocycles. The lowest BCUT2D eigenvalue weighted by Crippen LogP contribution is -2.31. The van der Waals surface area contributed by atoms with Crippen molar-refractivity contribution in [3.63, 3.8) is 0 Å². The highest BCUT2D eigenvalue weighted by Gasteiger charge is 2.13. The zero-order chi connectivity index (χ0) is 15.0. The number of aliphatic hydroxyl groups is 1. The molecule has 2 N–H and O–H groups in total. The number of aliphatic hydroxyl groups excluding tert-OH is 1. The first-order valence-electron chi connectivity index (χ1n) is 7.22. The van der Waals surface area contributed by atoms with Gasteiger partial charge in [0.15, 0.2) is 0 Å². The topological polar surface area (TPSA) is 58.6 Å². The molecule has 0 radical (unpaired) electrons. The first kappa shape index (κ1) is 16.7. The summed E-state index contributed by atoms with van der Waals surface area (Å²) in [6, 6.07) is 8.55. The molecule has 0 amide bonds. The maximum atomic E-state index is 11.2. The van der Waals surface area contributed by atoms with Crippen LogP contribution in [0.1, 0.15) is 44.4 Å². The largest absolute Gasteiger partial charge is 0.466 e. The van der Waals surface area contributed by atoms with Crippen LogP contribution in [0.2, 0.25) is 0 Å². The van der Waals surface area contributed by atoms with Gasteiger partial charge in [-0.25, -0.2) is 0 Å². The number of hydrogen-bond acceptors (Lipinski definition) is 4. The minimum absolute atomic E-state index is 0.0301. The van der Waals surface area contributed by atoms with Crippen molar-refractivity contribution in [3.05, 3.63) is 35.4 Å². The Morgan fingerprint density at radius 3 is 2.50 bits per heavy atom. The van der Waals surface area contributed by atoms with Gasteiger partial charge in [-0.2, -0.15) is 0 Å². The van der Waals surface area contributed by atoms with Crippen LogP contribution in [-0.4, -0.2) is 30.3 Å². The van der Waals surface area contributed by atoms with E-state index in [1.54, 1.807) is 6.92 Å². The predicted molar refractivity (Wildman–Crippen MR) is 79.5 cm³/mol. The molecule has 0 saturated heterocycles. The maximum Gasteiger partial charge on any atom is 0.308 e. The van der Waals surface area contributed by atoms with E-state index in [9.17, 15) is 9.90 Å². The summed E-state index contributed by atoms with van der Waals surface area (Å²) in [5, 5.41) is 13.0. The molecule has 20 heavy (non-hydrogen) atoms. The first-order chi connectivity index (χ1) is 9.56. The second kappa shape index (κ2) is 8.72. The van der Waals surface area contributed by atoms with Gasteiger partial charge in [-0.3, -0.25) is 4.79 Å². The van der Waals surface area contributed by atoms with Crippen LogP contribution in [0.3, 0.4) is 0 Å². The molecule has 0 aliphatic rings. The smallest absolute Gasteiger partial charge is 0.308 e. The second-order valence-electron chi connectivity index (χ2n) is 4.89. The van der Waals surface area contributed by atoms with E-state index in [0.717, 1.165) is 6.42 Å². The summed E-state index contributed by atoms with van der Waals surface area (Å²) in [5.74, 6) is -0.359. The second-order valence-corrected chi connectivity index (χ2v) is 4.89. The first-order valence-corrected chi connectivity index (χ1v) is 7.22. The van der Waals surface area contributed by atoms with Gasteiger partial charge in [-0.05, 0) is 31.4 Å². The van der Waals surface area contributed by atoms with Gasteiger partial charge in [0, 0.05) is 12.6 Å². The van der Waals surface area contributed by atoms with Gasteiger partial charge in [0.1, 0.15) is 0 Å². The molecule has 2 unspecified atom stereocenters. The normalized spacial score (nSPS) is 13.8. The summed E-state index contributed by atoms with van der Waals surface area (Å²) in [7, 11) is 0. The molecule has 0 bridgehead atoms. The quantitative estimate of drug-likeness (QED) is 0.716. The van der Waals surface area contributed by atoms with Crippen molar-refractivity contribution in [2.45, 2.75) is 45.8 Å². The maximum absolute atomic E-state index is 11.2. The molecule has 0 fully saturated rings. The number of carbonyl (C=O) groups is 1. The van der Waals surface area contributed by atoms with Crippen molar-refractivity contribution in [2.75, 3.05) is 13.2 Å². The number of benzene rings is 1. The van der Waals surface area contributed by atoms with Crippen LogP contribution < -0.4 is 5.32 Å². The van der Waals surface area contributed by atoms with Gasteiger partial charge < -0.3 is 15.2 Å². The zero-order valence-corrected chi connectivity index (χ0v) is 12.6. The molecule has 0 aromatic heterocycles. The third-order valence-electron chi connectivity index (χ3n) is 3.26. The highest BCUT2D eigenvalue weighted by Crippen LogP contribution is 2.13. The fourth-order valence-electron chi connectivity index (χ4n) is 1.96. The average molecular weight is 279 g/mol. The van der Waals surface area contributed by atoms with Gasteiger partial charge in [0.25, 0.3) is 0 Å². The molecule has 2 atom stereocenters. The standard InChI is InChI=1S/C16H25NO3/c1-4-13-6-8-14(9-7-13)12(3)17-11-15(18)10-16(19)20-5-2/h6-9,12,15,17-18H,4-5,10-11H2,1-3H3. The molecule has 0 heterocycles. The van der Waals surface area contributed by atoms with Crippen LogP contribution in [0.15, 0.2) is 24.3 Å². The number of aryl methyl sites for hydroxylation is 1. The van der Waals surface area contributed by atoms with Crippen molar-refractivity contribution < 1.29 is 14.6 Å². The van der Waals surface area contributed by atoms with Crippen LogP contribution in [0.4, 0.5) is 0 Å². The molecule has 112 valence electrons. The lowest BCUT2D eigenvalue weighted by atomic mass is 10.0. The van der Waals surface area contributed by atoms with Gasteiger partial charge in [0.05, 0.1) is 19.1 Å². The predicted octanol–water partition coefficient (Wildman–Crippen LogP) is 2.21. The van der Waals surface area contributed by atoms with Crippen LogP contribution in [-0.2, 0) is 16.0 Å². The van der Waals surface area contributed by atoms with Gasteiger partial charge >= 0.3 is 5.97 Å². The Morgan fingerprint density at radius 1 is 1.30 bits per heavy atom. The van der Waals surface area contributed by atoms with E-state index in [2.05, 4.69) is 36.5 Å². The lowest BCUT2D eigenvalue weighted by molar-refractivity contribution is -0.145. The molecule has 1 aromatic rings. The van der Waals surface area contributed by atoms with E-state index in [0.29, 0.717) is 13.2 Å². The van der Waals surface area contributed by atoms with E-state index >= 15 is 0 Å². The molecule has 0 aliphatic carbocycles. The van der Waals surface area contributed by atoms with E-state index in [1.807, 2.05) is 6.92 Å². The number of ether oxygens (including phenoxy) is 1. The van der Waals surface area contributed by atoms with Gasteiger partial charge in [0.2, 0.25) is 0 Å². The lowest BCUT2D eigenvalue weighted by Gasteiger charge is -2.17. The Hall–Kier alpha value is -1.39. The average Bonchev–Trinajstić information content (AvgIpc) is 2.45. The number of hydrogen-bond donors (Lipinski definition) is 2. The molecule has 4 heteroatoms. The van der Waals surface area contributed by atoms with Crippen molar-refractivity contribution >= 4 is 5.97 Å². The third-order valence-corrected chi connectivity index (χ3v) is 3.26. The summed E-state index contributed by atoms with van der Waals surface area (Å²) < 4.78 is 4.80. The van der Waals surface area contributed by atoms with E-state index in [4.69, 9.17) is 4.74 Å². The number of rotatable bonds is 8. The number of carbonyl (C=O) groups excluding carboxylic acids is 1. The molecule has 0 saturated carbocycles. The minimum atomic E-state index is -0.716. The van der Waals surface area contributed by atoms with E-state index in [-0.39, 0.29) is 18.4 Å². The molecular formula is C16H25NO3. The Labute approximate surface area is 121 Å². The summed E-state index contributed by atoms with van der Waals surface area (Å²) >= 11 is 0. The molecular weight excluding hydrogens is 254 g/mol. The summed E-state index contributed by atoms with van der Waals surface area (Å²) in [4.78, 5) is 11.2. The van der Waals surface area contributed by atoms with Crippen molar-refractivity contribution in [1.29, 1.82) is 0 Å². The molecule has 0 spiro atoms. The van der Waals surface area contributed by atoms with Crippen molar-refractivity contribution in [1.82, 2.24) is 5.32 Å². The highest BCUT2D eigenvalue weighted by molar-refractivity contribution is 5.69. The zero-order valence-electron chi connectivity index (χ0n) is 12.6. The molecule has 1 rings (SSSR count). The Kier molecular flexibility index (Phi) is 7.26. The minimum Gasteiger partial charge on any atom is -0.466 e. The van der Waals surface area contributed by atoms with Crippen LogP contribution in [0.5, 0.6) is 0 Å². The van der Waals surface area contributed by atoms with Crippen LogP contribution in [0, 0.1) is 0 Å². The highest BCUT2D eigenvalue weighted by atomic mass is 16.5. The monoisotopic (exact) mass is 279 g/mol. The fraction of sp³-hybridized carbons (Fsp3) is 0.562. The molecule has 4 nitrogen and oxygen atoms in total. The van der Waals surface area contributed by atoms with Crippen LogP contribution in [0.25, 0.3) is 0 Å². The van der Waals surface area contributed by atoms with E-state index < -0.39 is 6.10 Å². The Balaban J connectivity index is 2.37. The van der Waals surface area contributed by atoms with Gasteiger partial charge in [-0.1, -0.05) is 31.2 Å².